The quantitative estimate of drug-likeness (QED) is 0.720. The van der Waals surface area contributed by atoms with E-state index in [1.54, 1.807) is 0 Å². The first-order valence-electron chi connectivity index (χ1n) is 10.2. The summed E-state index contributed by atoms with van der Waals surface area (Å²) in [6.07, 6.45) is 3.21. The fourth-order valence-corrected chi connectivity index (χ4v) is 4.05. The molecule has 2 fully saturated rings. The van der Waals surface area contributed by atoms with Gasteiger partial charge in [-0.3, -0.25) is 4.90 Å². The highest BCUT2D eigenvalue weighted by Gasteiger charge is 2.21. The Kier molecular flexibility index (Phi) is 7.74. The highest BCUT2D eigenvalue weighted by molar-refractivity contribution is 5.53. The number of anilines is 1. The summed E-state index contributed by atoms with van der Waals surface area (Å²) in [4.78, 5) is 4.99. The van der Waals surface area contributed by atoms with Gasteiger partial charge in [-0.25, -0.2) is 0 Å². The van der Waals surface area contributed by atoms with Gasteiger partial charge in [-0.15, -0.1) is 0 Å². The van der Waals surface area contributed by atoms with Crippen LogP contribution in [0.15, 0.2) is 24.3 Å². The molecule has 3 rings (SSSR count). The standard InChI is InChI=1S/C21H35N3O2/c1-18-16-23(17-19(2)26-18)10-6-5-9-22-15-20-7-3-4-8-21(20)24-11-13-25-14-12-24/h3-4,7-8,18-19,22H,5-6,9-17H2,1-2H3/t18-,19+. The van der Waals surface area contributed by atoms with Crippen LogP contribution in [0, 0.1) is 0 Å². The lowest BCUT2D eigenvalue weighted by Crippen LogP contribution is -2.45. The van der Waals surface area contributed by atoms with Gasteiger partial charge in [0.05, 0.1) is 25.4 Å². The lowest BCUT2D eigenvalue weighted by molar-refractivity contribution is -0.0681. The van der Waals surface area contributed by atoms with Gasteiger partial charge in [0.15, 0.2) is 0 Å². The highest BCUT2D eigenvalue weighted by Crippen LogP contribution is 2.21. The van der Waals surface area contributed by atoms with Crippen LogP contribution < -0.4 is 10.2 Å². The minimum absolute atomic E-state index is 0.369. The first-order chi connectivity index (χ1) is 12.7. The summed E-state index contributed by atoms with van der Waals surface area (Å²) in [5.74, 6) is 0. The first-order valence-corrected chi connectivity index (χ1v) is 10.2. The van der Waals surface area contributed by atoms with E-state index in [0.29, 0.717) is 12.2 Å². The van der Waals surface area contributed by atoms with Gasteiger partial charge in [0, 0.05) is 38.4 Å². The second-order valence-corrected chi connectivity index (χ2v) is 7.63. The minimum Gasteiger partial charge on any atom is -0.378 e. The van der Waals surface area contributed by atoms with Crippen LogP contribution in [0.2, 0.25) is 0 Å². The summed E-state index contributed by atoms with van der Waals surface area (Å²) < 4.78 is 11.3. The summed E-state index contributed by atoms with van der Waals surface area (Å²) >= 11 is 0. The van der Waals surface area contributed by atoms with Gasteiger partial charge in [0.25, 0.3) is 0 Å². The molecule has 0 radical (unpaired) electrons. The third-order valence-corrected chi connectivity index (χ3v) is 5.23. The fourth-order valence-electron chi connectivity index (χ4n) is 4.05. The summed E-state index contributed by atoms with van der Waals surface area (Å²) in [7, 11) is 0. The molecule has 5 nitrogen and oxygen atoms in total. The Morgan fingerprint density at radius 1 is 1.04 bits per heavy atom. The van der Waals surface area contributed by atoms with E-state index in [1.807, 2.05) is 0 Å². The molecule has 26 heavy (non-hydrogen) atoms. The molecule has 0 unspecified atom stereocenters. The van der Waals surface area contributed by atoms with Crippen molar-refractivity contribution in [1.29, 1.82) is 0 Å². The molecular weight excluding hydrogens is 326 g/mol. The molecule has 0 aliphatic carbocycles. The first kappa shape index (κ1) is 19.6. The predicted molar refractivity (Wildman–Crippen MR) is 107 cm³/mol. The van der Waals surface area contributed by atoms with Crippen molar-refractivity contribution in [3.05, 3.63) is 29.8 Å². The molecule has 0 spiro atoms. The Balaban J connectivity index is 1.35. The van der Waals surface area contributed by atoms with Crippen molar-refractivity contribution in [2.75, 3.05) is 57.4 Å². The van der Waals surface area contributed by atoms with E-state index >= 15 is 0 Å². The summed E-state index contributed by atoms with van der Waals surface area (Å²) in [6.45, 7) is 13.4. The van der Waals surface area contributed by atoms with Gasteiger partial charge in [0.1, 0.15) is 0 Å². The van der Waals surface area contributed by atoms with Crippen LogP contribution >= 0.6 is 0 Å². The Morgan fingerprint density at radius 2 is 1.77 bits per heavy atom. The molecule has 5 heteroatoms. The summed E-state index contributed by atoms with van der Waals surface area (Å²) in [5, 5.41) is 3.64. The zero-order valence-electron chi connectivity index (χ0n) is 16.5. The lowest BCUT2D eigenvalue weighted by Gasteiger charge is -2.35. The molecule has 146 valence electrons. The van der Waals surface area contributed by atoms with Crippen molar-refractivity contribution < 1.29 is 9.47 Å². The van der Waals surface area contributed by atoms with Crippen LogP contribution in [0.3, 0.4) is 0 Å². The predicted octanol–water partition coefficient (Wildman–Crippen LogP) is 2.50. The molecule has 1 aromatic carbocycles. The van der Waals surface area contributed by atoms with Crippen molar-refractivity contribution in [1.82, 2.24) is 10.2 Å². The van der Waals surface area contributed by atoms with Gasteiger partial charge in [-0.05, 0) is 51.4 Å². The van der Waals surface area contributed by atoms with Crippen molar-refractivity contribution >= 4 is 5.69 Å². The molecule has 2 aliphatic heterocycles. The molecular formula is C21H35N3O2. The zero-order valence-corrected chi connectivity index (χ0v) is 16.5. The van der Waals surface area contributed by atoms with E-state index in [4.69, 9.17) is 9.47 Å². The molecule has 2 aliphatic rings. The molecule has 2 saturated heterocycles. The highest BCUT2D eigenvalue weighted by atomic mass is 16.5. The van der Waals surface area contributed by atoms with Crippen molar-refractivity contribution in [3.63, 3.8) is 0 Å². The third kappa shape index (κ3) is 5.95. The number of nitrogens with one attached hydrogen (secondary N) is 1. The molecule has 2 atom stereocenters. The number of unbranched alkanes of at least 4 members (excludes halogenated alkanes) is 1. The summed E-state index contributed by atoms with van der Waals surface area (Å²) in [5.41, 5.74) is 2.75. The summed E-state index contributed by atoms with van der Waals surface area (Å²) in [6, 6.07) is 8.76. The van der Waals surface area contributed by atoms with Crippen LogP contribution in [-0.4, -0.2) is 69.6 Å². The van der Waals surface area contributed by atoms with Crippen molar-refractivity contribution in [2.24, 2.45) is 0 Å². The van der Waals surface area contributed by atoms with E-state index in [-0.39, 0.29) is 0 Å². The van der Waals surface area contributed by atoms with E-state index in [2.05, 4.69) is 53.2 Å². The Hall–Kier alpha value is -1.14. The number of hydrogen-bond acceptors (Lipinski definition) is 5. The van der Waals surface area contributed by atoms with Gasteiger partial charge in [-0.1, -0.05) is 18.2 Å². The maximum Gasteiger partial charge on any atom is 0.0678 e. The normalized spacial score (nSPS) is 24.8. The number of benzene rings is 1. The Labute approximate surface area is 158 Å². The maximum absolute atomic E-state index is 5.81. The SMILES string of the molecule is C[C@@H]1CN(CCCCNCc2ccccc2N2CCOCC2)C[C@H](C)O1. The smallest absolute Gasteiger partial charge is 0.0678 e. The third-order valence-electron chi connectivity index (χ3n) is 5.23. The average Bonchev–Trinajstić information content (AvgIpc) is 2.65. The van der Waals surface area contributed by atoms with E-state index < -0.39 is 0 Å². The van der Waals surface area contributed by atoms with Gasteiger partial charge >= 0.3 is 0 Å². The molecule has 0 aromatic heterocycles. The van der Waals surface area contributed by atoms with E-state index in [9.17, 15) is 0 Å². The second-order valence-electron chi connectivity index (χ2n) is 7.63. The van der Waals surface area contributed by atoms with Crippen molar-refractivity contribution in [3.8, 4) is 0 Å². The number of para-hydroxylation sites is 1. The number of nitrogens with zero attached hydrogens (tertiary/aromatic N) is 2. The van der Waals surface area contributed by atoms with Crippen LogP contribution in [0.5, 0.6) is 0 Å². The van der Waals surface area contributed by atoms with Gasteiger partial charge in [0.2, 0.25) is 0 Å². The molecule has 0 saturated carbocycles. The van der Waals surface area contributed by atoms with Crippen LogP contribution in [-0.2, 0) is 16.0 Å². The molecule has 2 heterocycles. The minimum atomic E-state index is 0.369. The number of rotatable bonds is 8. The molecule has 1 N–H and O–H groups in total. The number of ether oxygens (including phenoxy) is 2. The van der Waals surface area contributed by atoms with E-state index in [1.165, 1.54) is 30.6 Å². The van der Waals surface area contributed by atoms with Crippen LogP contribution in [0.4, 0.5) is 5.69 Å². The van der Waals surface area contributed by atoms with Crippen LogP contribution in [0.1, 0.15) is 32.3 Å². The second kappa shape index (κ2) is 10.3. The monoisotopic (exact) mass is 361 g/mol. The maximum atomic E-state index is 5.81. The molecule has 0 bridgehead atoms. The fraction of sp³-hybridized carbons (Fsp3) is 0.714. The van der Waals surface area contributed by atoms with Crippen LogP contribution in [0.25, 0.3) is 0 Å². The average molecular weight is 362 g/mol. The topological polar surface area (TPSA) is 37.0 Å². The molecule has 1 aromatic rings. The molecule has 0 amide bonds. The van der Waals surface area contributed by atoms with Crippen molar-refractivity contribution in [2.45, 2.75) is 45.4 Å². The lowest BCUT2D eigenvalue weighted by atomic mass is 10.1. The largest absolute Gasteiger partial charge is 0.378 e. The Bertz CT molecular complexity index is 524. The number of hydrogen-bond donors (Lipinski definition) is 1. The number of morpholine rings is 2. The van der Waals surface area contributed by atoms with Gasteiger partial charge < -0.3 is 19.7 Å². The van der Waals surface area contributed by atoms with E-state index in [0.717, 1.165) is 52.5 Å². The Morgan fingerprint density at radius 3 is 2.54 bits per heavy atom. The zero-order chi connectivity index (χ0) is 18.2. The van der Waals surface area contributed by atoms with Gasteiger partial charge in [-0.2, -0.15) is 0 Å².